The van der Waals surface area contributed by atoms with Crippen LogP contribution >= 0.6 is 0 Å². The highest BCUT2D eigenvalue weighted by atomic mass is 16.2. The van der Waals surface area contributed by atoms with Crippen LogP contribution in [0.15, 0.2) is 25.3 Å². The Morgan fingerprint density at radius 3 is 2.41 bits per heavy atom. The van der Waals surface area contributed by atoms with E-state index in [0.29, 0.717) is 18.9 Å². The molecule has 0 unspecified atom stereocenters. The third-order valence-electron chi connectivity index (χ3n) is 2.23. The molecule has 0 aliphatic rings. The Balaban J connectivity index is 2.84. The molecule has 0 aromatic carbocycles. The molecule has 0 aliphatic heterocycles. The van der Waals surface area contributed by atoms with Gasteiger partial charge in [-0.3, -0.25) is 9.89 Å². The van der Waals surface area contributed by atoms with Crippen molar-refractivity contribution in [3.05, 3.63) is 37.0 Å². The zero-order chi connectivity index (χ0) is 12.8. The number of aromatic amines is 1. The monoisotopic (exact) mass is 234 g/mol. The number of nitrogens with zero attached hydrogens (tertiary/aromatic N) is 3. The molecule has 0 saturated heterocycles. The van der Waals surface area contributed by atoms with Crippen molar-refractivity contribution in [1.82, 2.24) is 20.1 Å². The lowest BCUT2D eigenvalue weighted by molar-refractivity contribution is 0.0779. The molecular formula is C12H18N4O. The van der Waals surface area contributed by atoms with E-state index in [1.54, 1.807) is 17.1 Å². The van der Waals surface area contributed by atoms with Gasteiger partial charge in [0.05, 0.1) is 0 Å². The summed E-state index contributed by atoms with van der Waals surface area (Å²) in [5.74, 6) is 0.909. The van der Waals surface area contributed by atoms with Crippen molar-refractivity contribution >= 4 is 5.91 Å². The van der Waals surface area contributed by atoms with E-state index >= 15 is 0 Å². The van der Waals surface area contributed by atoms with Gasteiger partial charge in [-0.2, -0.15) is 0 Å². The van der Waals surface area contributed by atoms with E-state index in [9.17, 15) is 4.79 Å². The van der Waals surface area contributed by atoms with Crippen LogP contribution in [0.5, 0.6) is 0 Å². The van der Waals surface area contributed by atoms with E-state index in [-0.39, 0.29) is 17.6 Å². The number of hydrogen-bond acceptors (Lipinski definition) is 3. The Morgan fingerprint density at radius 2 is 2.00 bits per heavy atom. The number of H-pyrrole nitrogens is 1. The Bertz CT molecular complexity index is 398. The Kier molecular flexibility index (Phi) is 4.63. The normalized spacial score (nSPS) is 10.3. The fraction of sp³-hybridized carbons (Fsp3) is 0.417. The van der Waals surface area contributed by atoms with Gasteiger partial charge in [0.1, 0.15) is 5.82 Å². The van der Waals surface area contributed by atoms with Gasteiger partial charge in [0.15, 0.2) is 0 Å². The predicted molar refractivity (Wildman–Crippen MR) is 66.8 cm³/mol. The van der Waals surface area contributed by atoms with Crippen LogP contribution in [-0.2, 0) is 0 Å². The van der Waals surface area contributed by atoms with Gasteiger partial charge in [0.25, 0.3) is 5.91 Å². The summed E-state index contributed by atoms with van der Waals surface area (Å²) >= 11 is 0. The highest BCUT2D eigenvalue weighted by Gasteiger charge is 2.19. The molecule has 0 saturated carbocycles. The number of rotatable bonds is 6. The van der Waals surface area contributed by atoms with E-state index < -0.39 is 0 Å². The summed E-state index contributed by atoms with van der Waals surface area (Å²) < 4.78 is 0. The minimum atomic E-state index is -0.215. The number of carbonyl (C=O) groups excluding carboxylic acids is 1. The second-order valence-electron chi connectivity index (χ2n) is 3.99. The molecule has 92 valence electrons. The maximum atomic E-state index is 12.0. The molecule has 0 atom stereocenters. The molecule has 5 heteroatoms. The number of amides is 1. The molecule has 1 rings (SSSR count). The third kappa shape index (κ3) is 3.27. The molecule has 1 N–H and O–H groups in total. The molecule has 0 radical (unpaired) electrons. The van der Waals surface area contributed by atoms with Gasteiger partial charge in [0, 0.05) is 19.0 Å². The average Bonchev–Trinajstić information content (AvgIpc) is 2.77. The van der Waals surface area contributed by atoms with Crippen molar-refractivity contribution < 1.29 is 4.79 Å². The zero-order valence-electron chi connectivity index (χ0n) is 10.3. The molecule has 1 aromatic rings. The largest absolute Gasteiger partial charge is 0.328 e. The quantitative estimate of drug-likeness (QED) is 0.763. The summed E-state index contributed by atoms with van der Waals surface area (Å²) in [7, 11) is 0. The molecule has 1 heterocycles. The summed E-state index contributed by atoms with van der Waals surface area (Å²) in [6.07, 6.45) is 3.33. The lowest BCUT2D eigenvalue weighted by Crippen LogP contribution is -2.32. The highest BCUT2D eigenvalue weighted by Crippen LogP contribution is 2.09. The molecule has 17 heavy (non-hydrogen) atoms. The van der Waals surface area contributed by atoms with E-state index in [4.69, 9.17) is 0 Å². The molecule has 0 fully saturated rings. The van der Waals surface area contributed by atoms with Gasteiger partial charge in [-0.25, -0.2) is 4.98 Å². The summed E-state index contributed by atoms with van der Waals surface area (Å²) in [6.45, 7) is 12.1. The van der Waals surface area contributed by atoms with Crippen LogP contribution in [0.1, 0.15) is 36.2 Å². The Hall–Kier alpha value is -1.91. The standard InChI is InChI=1S/C12H18N4O/c1-5-7-16(8-6-2)12(17)11-13-10(9(3)4)14-15-11/h5-6,9H,1-2,7-8H2,3-4H3,(H,13,14,15). The topological polar surface area (TPSA) is 61.9 Å². The maximum absolute atomic E-state index is 12.0. The zero-order valence-corrected chi connectivity index (χ0v) is 10.3. The Labute approximate surface area is 101 Å². The molecule has 1 amide bonds. The third-order valence-corrected chi connectivity index (χ3v) is 2.23. The summed E-state index contributed by atoms with van der Waals surface area (Å²) in [4.78, 5) is 17.8. The fourth-order valence-corrected chi connectivity index (χ4v) is 1.32. The van der Waals surface area contributed by atoms with Crippen LogP contribution < -0.4 is 0 Å². The van der Waals surface area contributed by atoms with Gasteiger partial charge < -0.3 is 4.90 Å². The number of nitrogens with one attached hydrogen (secondary N) is 1. The van der Waals surface area contributed by atoms with Gasteiger partial charge in [-0.05, 0) is 0 Å². The first-order valence-corrected chi connectivity index (χ1v) is 5.53. The highest BCUT2D eigenvalue weighted by molar-refractivity contribution is 5.90. The lowest BCUT2D eigenvalue weighted by Gasteiger charge is -2.16. The van der Waals surface area contributed by atoms with Crippen molar-refractivity contribution in [2.45, 2.75) is 19.8 Å². The molecule has 5 nitrogen and oxygen atoms in total. The number of carbonyl (C=O) groups is 1. The molecule has 0 aliphatic carbocycles. The van der Waals surface area contributed by atoms with E-state index in [1.165, 1.54) is 0 Å². The van der Waals surface area contributed by atoms with Crippen LogP contribution in [0.2, 0.25) is 0 Å². The molecular weight excluding hydrogens is 216 g/mol. The van der Waals surface area contributed by atoms with Crippen molar-refractivity contribution in [2.24, 2.45) is 0 Å². The molecule has 0 bridgehead atoms. The second-order valence-corrected chi connectivity index (χ2v) is 3.99. The van der Waals surface area contributed by atoms with Gasteiger partial charge in [-0.15, -0.1) is 18.3 Å². The average molecular weight is 234 g/mol. The maximum Gasteiger partial charge on any atom is 0.294 e. The summed E-state index contributed by atoms with van der Waals surface area (Å²) in [5.41, 5.74) is 0. The minimum Gasteiger partial charge on any atom is -0.328 e. The van der Waals surface area contributed by atoms with E-state index in [2.05, 4.69) is 28.3 Å². The van der Waals surface area contributed by atoms with Crippen LogP contribution in [0, 0.1) is 0 Å². The second kappa shape index (κ2) is 5.98. The first-order valence-electron chi connectivity index (χ1n) is 5.53. The summed E-state index contributed by atoms with van der Waals surface area (Å²) in [6, 6.07) is 0. The van der Waals surface area contributed by atoms with Crippen LogP contribution in [0.3, 0.4) is 0 Å². The molecule has 1 aromatic heterocycles. The van der Waals surface area contributed by atoms with Gasteiger partial charge in [-0.1, -0.05) is 26.0 Å². The number of hydrogen-bond donors (Lipinski definition) is 1. The minimum absolute atomic E-state index is 0.192. The first kappa shape index (κ1) is 13.2. The molecule has 0 spiro atoms. The van der Waals surface area contributed by atoms with Gasteiger partial charge in [0.2, 0.25) is 5.82 Å². The van der Waals surface area contributed by atoms with Crippen molar-refractivity contribution in [3.8, 4) is 0 Å². The van der Waals surface area contributed by atoms with E-state index in [0.717, 1.165) is 0 Å². The van der Waals surface area contributed by atoms with E-state index in [1.807, 2.05) is 13.8 Å². The van der Waals surface area contributed by atoms with Crippen LogP contribution in [-0.4, -0.2) is 39.1 Å². The summed E-state index contributed by atoms with van der Waals surface area (Å²) in [5, 5.41) is 6.69. The van der Waals surface area contributed by atoms with Crippen LogP contribution in [0.25, 0.3) is 0 Å². The van der Waals surface area contributed by atoms with Crippen molar-refractivity contribution in [3.63, 3.8) is 0 Å². The van der Waals surface area contributed by atoms with Gasteiger partial charge >= 0.3 is 0 Å². The fourth-order valence-electron chi connectivity index (χ4n) is 1.32. The van der Waals surface area contributed by atoms with Crippen LogP contribution in [0.4, 0.5) is 0 Å². The Morgan fingerprint density at radius 1 is 1.41 bits per heavy atom. The predicted octanol–water partition coefficient (Wildman–Crippen LogP) is 1.74. The smallest absolute Gasteiger partial charge is 0.294 e. The van der Waals surface area contributed by atoms with Crippen molar-refractivity contribution in [2.75, 3.05) is 13.1 Å². The van der Waals surface area contributed by atoms with Crippen molar-refractivity contribution in [1.29, 1.82) is 0 Å². The first-order chi connectivity index (χ1) is 8.10. The SMILES string of the molecule is C=CCN(CC=C)C(=O)c1n[nH]c(C(C)C)n1. The number of aromatic nitrogens is 3. The lowest BCUT2D eigenvalue weighted by atomic mass is 10.2.